The molecule has 102 valence electrons. The molecular weight excluding hydrogens is 268 g/mol. The number of aryl methyl sites for hydroxylation is 1. The van der Waals surface area contributed by atoms with E-state index in [9.17, 15) is 10.1 Å². The van der Waals surface area contributed by atoms with Gasteiger partial charge in [-0.2, -0.15) is 5.26 Å². The van der Waals surface area contributed by atoms with E-state index >= 15 is 0 Å². The van der Waals surface area contributed by atoms with Crippen LogP contribution in [0.4, 0.5) is 5.69 Å². The summed E-state index contributed by atoms with van der Waals surface area (Å²) in [4.78, 5) is 18.0. The molecule has 0 fully saturated rings. The number of hydrogen-bond acceptors (Lipinski definition) is 4. The minimum absolute atomic E-state index is 0.0848. The largest absolute Gasteiger partial charge is 0.338 e. The Kier molecular flexibility index (Phi) is 2.88. The smallest absolute Gasteiger partial charge is 0.272 e. The normalized spacial score (nSPS) is 10.5. The van der Waals surface area contributed by atoms with Gasteiger partial charge in [-0.05, 0) is 37.3 Å². The summed E-state index contributed by atoms with van der Waals surface area (Å²) < 4.78 is 0. The number of aromatic amines is 1. The maximum atomic E-state index is 10.8. The van der Waals surface area contributed by atoms with Crippen molar-refractivity contribution in [3.05, 3.63) is 57.6 Å². The molecule has 6 heteroatoms. The Labute approximate surface area is 119 Å². The minimum Gasteiger partial charge on any atom is -0.338 e. The van der Waals surface area contributed by atoms with Crippen molar-refractivity contribution >= 4 is 16.7 Å². The van der Waals surface area contributed by atoms with Gasteiger partial charge in [-0.25, -0.2) is 4.98 Å². The SMILES string of the molecule is Cc1cc(-c2nc3ccc(C#N)cc3[nH]2)ccc1[N+](=O)[O-]. The zero-order chi connectivity index (χ0) is 15.0. The first-order valence-corrected chi connectivity index (χ1v) is 6.24. The van der Waals surface area contributed by atoms with Gasteiger partial charge in [0.05, 0.1) is 27.6 Å². The Morgan fingerprint density at radius 3 is 2.76 bits per heavy atom. The van der Waals surface area contributed by atoms with Gasteiger partial charge in [0.25, 0.3) is 5.69 Å². The Morgan fingerprint density at radius 2 is 2.10 bits per heavy atom. The average Bonchev–Trinajstić information content (AvgIpc) is 2.89. The van der Waals surface area contributed by atoms with E-state index < -0.39 is 4.92 Å². The Balaban J connectivity index is 2.10. The van der Waals surface area contributed by atoms with Crippen LogP contribution < -0.4 is 0 Å². The molecule has 6 nitrogen and oxygen atoms in total. The lowest BCUT2D eigenvalue weighted by molar-refractivity contribution is -0.385. The van der Waals surface area contributed by atoms with Crippen LogP contribution in [0.15, 0.2) is 36.4 Å². The monoisotopic (exact) mass is 278 g/mol. The molecule has 2 aromatic carbocycles. The summed E-state index contributed by atoms with van der Waals surface area (Å²) in [5, 5.41) is 19.7. The molecule has 3 aromatic rings. The number of benzene rings is 2. The molecule has 1 aromatic heterocycles. The highest BCUT2D eigenvalue weighted by Gasteiger charge is 2.13. The summed E-state index contributed by atoms with van der Waals surface area (Å²) in [5.41, 5.74) is 3.50. The number of nitriles is 1. The van der Waals surface area contributed by atoms with Crippen LogP contribution in [-0.2, 0) is 0 Å². The number of nitrogens with one attached hydrogen (secondary N) is 1. The third-order valence-electron chi connectivity index (χ3n) is 3.28. The van der Waals surface area contributed by atoms with Gasteiger partial charge in [-0.1, -0.05) is 0 Å². The van der Waals surface area contributed by atoms with Crippen molar-refractivity contribution in [2.24, 2.45) is 0 Å². The molecule has 0 saturated heterocycles. The molecule has 0 aliphatic heterocycles. The molecule has 0 atom stereocenters. The summed E-state index contributed by atoms with van der Waals surface area (Å²) in [7, 11) is 0. The number of H-pyrrole nitrogens is 1. The van der Waals surface area contributed by atoms with Gasteiger partial charge in [0.2, 0.25) is 0 Å². The second kappa shape index (κ2) is 4.72. The van der Waals surface area contributed by atoms with Gasteiger partial charge >= 0.3 is 0 Å². The topological polar surface area (TPSA) is 95.6 Å². The Bertz CT molecular complexity index is 906. The molecule has 0 aliphatic rings. The lowest BCUT2D eigenvalue weighted by Gasteiger charge is -2.00. The van der Waals surface area contributed by atoms with E-state index in [1.807, 2.05) is 0 Å². The highest BCUT2D eigenvalue weighted by atomic mass is 16.6. The number of nitrogens with zero attached hydrogens (tertiary/aromatic N) is 3. The molecule has 1 N–H and O–H groups in total. The summed E-state index contributed by atoms with van der Waals surface area (Å²) in [6, 6.07) is 12.1. The molecule has 0 aliphatic carbocycles. The third kappa shape index (κ3) is 2.21. The number of rotatable bonds is 2. The van der Waals surface area contributed by atoms with Crippen LogP contribution in [0, 0.1) is 28.4 Å². The van der Waals surface area contributed by atoms with Gasteiger partial charge in [-0.3, -0.25) is 10.1 Å². The fraction of sp³-hybridized carbons (Fsp3) is 0.0667. The first-order chi connectivity index (χ1) is 10.1. The Morgan fingerprint density at radius 1 is 1.29 bits per heavy atom. The summed E-state index contributed by atoms with van der Waals surface area (Å²) in [6.45, 7) is 1.69. The van der Waals surface area contributed by atoms with Gasteiger partial charge in [0.1, 0.15) is 5.82 Å². The van der Waals surface area contributed by atoms with Crippen molar-refractivity contribution in [2.75, 3.05) is 0 Å². The fourth-order valence-corrected chi connectivity index (χ4v) is 2.22. The summed E-state index contributed by atoms with van der Waals surface area (Å²) >= 11 is 0. The quantitative estimate of drug-likeness (QED) is 0.574. The maximum Gasteiger partial charge on any atom is 0.272 e. The van der Waals surface area contributed by atoms with Crippen molar-refractivity contribution in [1.29, 1.82) is 5.26 Å². The molecular formula is C15H10N4O2. The van der Waals surface area contributed by atoms with Crippen molar-refractivity contribution in [3.8, 4) is 17.5 Å². The summed E-state index contributed by atoms with van der Waals surface area (Å²) in [6.07, 6.45) is 0. The van der Waals surface area contributed by atoms with E-state index in [0.717, 1.165) is 16.6 Å². The van der Waals surface area contributed by atoms with Crippen molar-refractivity contribution in [2.45, 2.75) is 6.92 Å². The third-order valence-corrected chi connectivity index (χ3v) is 3.28. The van der Waals surface area contributed by atoms with Crippen LogP contribution in [0.25, 0.3) is 22.4 Å². The first-order valence-electron chi connectivity index (χ1n) is 6.24. The van der Waals surface area contributed by atoms with Crippen LogP contribution in [0.1, 0.15) is 11.1 Å². The van der Waals surface area contributed by atoms with E-state index in [0.29, 0.717) is 17.0 Å². The van der Waals surface area contributed by atoms with E-state index in [1.165, 1.54) is 6.07 Å². The highest BCUT2D eigenvalue weighted by Crippen LogP contribution is 2.26. The highest BCUT2D eigenvalue weighted by molar-refractivity contribution is 5.81. The number of imidazole rings is 1. The van der Waals surface area contributed by atoms with Gasteiger partial charge in [0.15, 0.2) is 0 Å². The number of aromatic nitrogens is 2. The van der Waals surface area contributed by atoms with Gasteiger partial charge in [0, 0.05) is 17.2 Å². The predicted octanol–water partition coefficient (Wildman–Crippen LogP) is 3.32. The van der Waals surface area contributed by atoms with Crippen LogP contribution in [0.2, 0.25) is 0 Å². The molecule has 0 spiro atoms. The van der Waals surface area contributed by atoms with E-state index in [2.05, 4.69) is 16.0 Å². The summed E-state index contributed by atoms with van der Waals surface area (Å²) in [5.74, 6) is 0.623. The lowest BCUT2D eigenvalue weighted by Crippen LogP contribution is -1.92. The fourth-order valence-electron chi connectivity index (χ4n) is 2.22. The molecule has 0 radical (unpaired) electrons. The zero-order valence-electron chi connectivity index (χ0n) is 11.1. The molecule has 0 saturated carbocycles. The zero-order valence-corrected chi connectivity index (χ0v) is 11.1. The molecule has 3 rings (SSSR count). The van der Waals surface area contributed by atoms with Crippen molar-refractivity contribution in [1.82, 2.24) is 9.97 Å². The van der Waals surface area contributed by atoms with Crippen LogP contribution in [-0.4, -0.2) is 14.9 Å². The van der Waals surface area contributed by atoms with Gasteiger partial charge in [-0.15, -0.1) is 0 Å². The molecule has 1 heterocycles. The Hall–Kier alpha value is -3.20. The van der Waals surface area contributed by atoms with Crippen LogP contribution in [0.5, 0.6) is 0 Å². The minimum atomic E-state index is -0.406. The second-order valence-electron chi connectivity index (χ2n) is 4.69. The second-order valence-corrected chi connectivity index (χ2v) is 4.69. The van der Waals surface area contributed by atoms with E-state index in [-0.39, 0.29) is 5.69 Å². The standard InChI is InChI=1S/C15H10N4O2/c1-9-6-11(3-5-14(9)19(20)21)15-17-12-4-2-10(8-16)7-13(12)18-15/h2-7H,1H3,(H,17,18). The average molecular weight is 278 g/mol. The predicted molar refractivity (Wildman–Crippen MR) is 77.6 cm³/mol. The van der Waals surface area contributed by atoms with Crippen molar-refractivity contribution < 1.29 is 4.92 Å². The van der Waals surface area contributed by atoms with Gasteiger partial charge < -0.3 is 4.98 Å². The van der Waals surface area contributed by atoms with E-state index in [1.54, 1.807) is 37.3 Å². The van der Waals surface area contributed by atoms with E-state index in [4.69, 9.17) is 5.26 Å². The molecule has 0 unspecified atom stereocenters. The number of hydrogen-bond donors (Lipinski definition) is 1. The van der Waals surface area contributed by atoms with Crippen LogP contribution >= 0.6 is 0 Å². The maximum absolute atomic E-state index is 10.8. The molecule has 0 bridgehead atoms. The number of fused-ring (bicyclic) bond motifs is 1. The number of nitro benzene ring substituents is 1. The molecule has 21 heavy (non-hydrogen) atoms. The first kappa shape index (κ1) is 12.8. The van der Waals surface area contributed by atoms with Crippen molar-refractivity contribution in [3.63, 3.8) is 0 Å². The lowest BCUT2D eigenvalue weighted by atomic mass is 10.1. The number of nitro groups is 1. The molecule has 0 amide bonds. The van der Waals surface area contributed by atoms with Crippen LogP contribution in [0.3, 0.4) is 0 Å².